The molecule has 1 saturated heterocycles. The van der Waals surface area contributed by atoms with Gasteiger partial charge in [0.05, 0.1) is 41.0 Å². The Morgan fingerprint density at radius 2 is 2.15 bits per heavy atom. The Bertz CT molecular complexity index is 1270. The molecule has 3 rings (SSSR count). The number of non-ortho nitro benzene ring substituents is 1. The maximum absolute atomic E-state index is 12.1. The van der Waals surface area contributed by atoms with E-state index in [9.17, 15) is 28.1 Å². The third-order valence-corrected chi connectivity index (χ3v) is 7.15. The van der Waals surface area contributed by atoms with Crippen molar-refractivity contribution in [3.63, 3.8) is 0 Å². The zero-order chi connectivity index (χ0) is 25.0. The fourth-order valence-electron chi connectivity index (χ4n) is 3.36. The van der Waals surface area contributed by atoms with Crippen molar-refractivity contribution >= 4 is 50.8 Å². The number of benzene rings is 1. The molecule has 0 aliphatic carbocycles. The number of rotatable bonds is 8. The first-order valence-corrected chi connectivity index (χ1v) is 12.1. The minimum absolute atomic E-state index is 0.0521. The molecule has 0 saturated carbocycles. The number of nitrogens with one attached hydrogen (secondary N) is 1. The number of amides is 1. The quantitative estimate of drug-likeness (QED) is 0.242. The monoisotopic (exact) mass is 512 g/mol. The van der Waals surface area contributed by atoms with Gasteiger partial charge in [-0.15, -0.1) is 0 Å². The lowest BCUT2D eigenvalue weighted by Crippen LogP contribution is -2.20. The fourth-order valence-corrected chi connectivity index (χ4v) is 5.43. The average molecular weight is 513 g/mol. The van der Waals surface area contributed by atoms with E-state index >= 15 is 0 Å². The van der Waals surface area contributed by atoms with E-state index in [-0.39, 0.29) is 39.8 Å². The molecule has 1 amide bonds. The predicted octanol–water partition coefficient (Wildman–Crippen LogP) is 2.32. The summed E-state index contributed by atoms with van der Waals surface area (Å²) in [5.74, 6) is -1.36. The summed E-state index contributed by atoms with van der Waals surface area (Å²) in [4.78, 5) is 34.5. The van der Waals surface area contributed by atoms with E-state index in [0.29, 0.717) is 17.7 Å². The van der Waals surface area contributed by atoms with Crippen LogP contribution in [0.2, 0.25) is 5.15 Å². The van der Waals surface area contributed by atoms with Crippen molar-refractivity contribution in [3.8, 4) is 5.75 Å². The fraction of sp³-hybridized carbons (Fsp3) is 0.350. The van der Waals surface area contributed by atoms with Crippen molar-refractivity contribution in [1.29, 1.82) is 0 Å². The van der Waals surface area contributed by atoms with Crippen LogP contribution in [0.25, 0.3) is 6.08 Å². The molecule has 1 fully saturated rings. The van der Waals surface area contributed by atoms with Crippen molar-refractivity contribution in [2.75, 3.05) is 30.5 Å². The number of sulfone groups is 1. The number of hydrogen-bond donors (Lipinski definition) is 1. The van der Waals surface area contributed by atoms with Crippen molar-refractivity contribution in [2.24, 2.45) is 0 Å². The molecule has 1 atom stereocenters. The number of esters is 1. The number of aryl methyl sites for hydroxylation is 1. The average Bonchev–Trinajstić information content (AvgIpc) is 3.28. The molecule has 1 unspecified atom stereocenters. The highest BCUT2D eigenvalue weighted by molar-refractivity contribution is 7.91. The molecule has 2 aromatic rings. The number of nitro groups is 1. The largest absolute Gasteiger partial charge is 0.495 e. The topological polar surface area (TPSA) is 160 Å². The smallest absolute Gasteiger partial charge is 0.331 e. The summed E-state index contributed by atoms with van der Waals surface area (Å²) in [6.07, 6.45) is 2.83. The van der Waals surface area contributed by atoms with Gasteiger partial charge in [0.15, 0.2) is 16.4 Å². The minimum atomic E-state index is -3.13. The third-order valence-electron chi connectivity index (χ3n) is 5.02. The van der Waals surface area contributed by atoms with E-state index in [1.165, 1.54) is 30.0 Å². The summed E-state index contributed by atoms with van der Waals surface area (Å²) >= 11 is 6.35. The van der Waals surface area contributed by atoms with E-state index in [1.54, 1.807) is 6.92 Å². The van der Waals surface area contributed by atoms with E-state index in [2.05, 4.69) is 10.4 Å². The van der Waals surface area contributed by atoms with E-state index < -0.39 is 33.2 Å². The predicted molar refractivity (Wildman–Crippen MR) is 123 cm³/mol. The molecule has 0 bridgehead atoms. The van der Waals surface area contributed by atoms with Gasteiger partial charge in [0.25, 0.3) is 11.6 Å². The van der Waals surface area contributed by atoms with Crippen molar-refractivity contribution in [3.05, 3.63) is 50.8 Å². The zero-order valence-electron chi connectivity index (χ0n) is 18.2. The molecule has 0 spiro atoms. The first-order chi connectivity index (χ1) is 16.0. The van der Waals surface area contributed by atoms with Crippen LogP contribution in [-0.2, 0) is 24.2 Å². The molecule has 0 radical (unpaired) electrons. The van der Waals surface area contributed by atoms with E-state index in [4.69, 9.17) is 21.1 Å². The number of carbonyl (C=O) groups excluding carboxylic acids is 2. The van der Waals surface area contributed by atoms with Gasteiger partial charge in [0.1, 0.15) is 10.9 Å². The number of halogens is 1. The summed E-state index contributed by atoms with van der Waals surface area (Å²) in [5, 5.41) is 17.8. The van der Waals surface area contributed by atoms with Crippen LogP contribution in [-0.4, -0.2) is 60.2 Å². The second-order valence-corrected chi connectivity index (χ2v) is 10.0. The van der Waals surface area contributed by atoms with E-state index in [1.807, 2.05) is 0 Å². The molecule has 1 N–H and O–H groups in total. The van der Waals surface area contributed by atoms with Crippen molar-refractivity contribution < 1.29 is 32.4 Å². The molecule has 12 nitrogen and oxygen atoms in total. The maximum Gasteiger partial charge on any atom is 0.331 e. The van der Waals surface area contributed by atoms with Gasteiger partial charge >= 0.3 is 5.97 Å². The highest BCUT2D eigenvalue weighted by Crippen LogP contribution is 2.31. The van der Waals surface area contributed by atoms with Crippen LogP contribution in [0.4, 0.5) is 11.4 Å². The third kappa shape index (κ3) is 5.91. The lowest BCUT2D eigenvalue weighted by atomic mass is 10.2. The normalized spacial score (nSPS) is 17.0. The van der Waals surface area contributed by atoms with Gasteiger partial charge in [-0.3, -0.25) is 14.9 Å². The van der Waals surface area contributed by atoms with Crippen molar-refractivity contribution in [1.82, 2.24) is 9.78 Å². The van der Waals surface area contributed by atoms with Gasteiger partial charge in [-0.1, -0.05) is 11.6 Å². The number of hydrogen-bond acceptors (Lipinski definition) is 9. The number of nitrogens with zero attached hydrogens (tertiary/aromatic N) is 3. The molecule has 34 heavy (non-hydrogen) atoms. The number of aromatic nitrogens is 2. The summed E-state index contributed by atoms with van der Waals surface area (Å²) < 4.78 is 34.9. The Labute approximate surface area is 199 Å². The van der Waals surface area contributed by atoms with Crippen LogP contribution in [0.5, 0.6) is 5.75 Å². The summed E-state index contributed by atoms with van der Waals surface area (Å²) in [5.41, 5.74) is 0.721. The highest BCUT2D eigenvalue weighted by atomic mass is 35.5. The summed E-state index contributed by atoms with van der Waals surface area (Å²) in [7, 11) is -1.79. The summed E-state index contributed by atoms with van der Waals surface area (Å²) in [6.45, 7) is 1.01. The Kier molecular flexibility index (Phi) is 7.57. The Morgan fingerprint density at radius 3 is 2.76 bits per heavy atom. The SMILES string of the molecule is COc1ccc([N+](=O)[O-])cc1NC(=O)COC(=O)/C=C/c1c(C)nn(C2CCS(=O)(=O)C2)c1Cl. The number of nitro benzene ring substituents is 1. The molecule has 14 heteroatoms. The van der Waals surface area contributed by atoms with Gasteiger partial charge in [-0.2, -0.15) is 5.10 Å². The summed E-state index contributed by atoms with van der Waals surface area (Å²) in [6, 6.07) is 3.30. The highest BCUT2D eigenvalue weighted by Gasteiger charge is 2.31. The molecular weight excluding hydrogens is 492 g/mol. The first kappa shape index (κ1) is 25.2. The number of carbonyl (C=O) groups is 2. The number of ether oxygens (including phenoxy) is 2. The molecule has 1 aliphatic rings. The van der Waals surface area contributed by atoms with Gasteiger partial charge in [-0.05, 0) is 25.5 Å². The number of methoxy groups -OCH3 is 1. The Morgan fingerprint density at radius 1 is 1.41 bits per heavy atom. The minimum Gasteiger partial charge on any atom is -0.495 e. The number of anilines is 1. The zero-order valence-corrected chi connectivity index (χ0v) is 19.8. The molecule has 1 aliphatic heterocycles. The van der Waals surface area contributed by atoms with Crippen LogP contribution in [0.15, 0.2) is 24.3 Å². The molecule has 2 heterocycles. The second kappa shape index (κ2) is 10.2. The second-order valence-electron chi connectivity index (χ2n) is 7.42. The molecular formula is C20H21ClN4O8S. The molecule has 1 aromatic heterocycles. The molecule has 1 aromatic carbocycles. The van der Waals surface area contributed by atoms with Crippen LogP contribution >= 0.6 is 11.6 Å². The van der Waals surface area contributed by atoms with Gasteiger partial charge in [0.2, 0.25) is 0 Å². The van der Waals surface area contributed by atoms with Crippen LogP contribution in [0.1, 0.15) is 23.7 Å². The Hall–Kier alpha value is -3.45. The maximum atomic E-state index is 12.1. The first-order valence-electron chi connectivity index (χ1n) is 9.93. The van der Waals surface area contributed by atoms with Crippen LogP contribution in [0.3, 0.4) is 0 Å². The lowest BCUT2D eigenvalue weighted by molar-refractivity contribution is -0.384. The van der Waals surface area contributed by atoms with Gasteiger partial charge < -0.3 is 14.8 Å². The van der Waals surface area contributed by atoms with Crippen LogP contribution in [0, 0.1) is 17.0 Å². The lowest BCUT2D eigenvalue weighted by Gasteiger charge is -2.10. The van der Waals surface area contributed by atoms with Crippen molar-refractivity contribution in [2.45, 2.75) is 19.4 Å². The van der Waals surface area contributed by atoms with Crippen LogP contribution < -0.4 is 10.1 Å². The van der Waals surface area contributed by atoms with E-state index in [0.717, 1.165) is 12.1 Å². The molecule has 182 valence electrons. The van der Waals surface area contributed by atoms with Gasteiger partial charge in [0, 0.05) is 23.8 Å². The Balaban J connectivity index is 1.60. The standard InChI is InChI=1S/C20H21ClN4O8S/c1-12-15(20(21)24(23-12)14-7-8-34(30,31)11-14)4-6-19(27)33-10-18(26)22-16-9-13(25(28)29)3-5-17(16)32-2/h3-6,9,14H,7-8,10-11H2,1-2H3,(H,22,26)/b6-4+. The van der Waals surface area contributed by atoms with Gasteiger partial charge in [-0.25, -0.2) is 17.9 Å².